The monoisotopic (exact) mass is 174 g/mol. The van der Waals surface area contributed by atoms with Gasteiger partial charge in [-0.25, -0.2) is 0 Å². The molecule has 0 aliphatic heterocycles. The van der Waals surface area contributed by atoms with Crippen LogP contribution in [0.15, 0.2) is 0 Å². The first-order valence-electron chi connectivity index (χ1n) is 4.78. The van der Waals surface area contributed by atoms with Crippen LogP contribution in [0.1, 0.15) is 47.0 Å². The zero-order valence-corrected chi connectivity index (χ0v) is 8.71. The highest BCUT2D eigenvalue weighted by Gasteiger charge is 2.15. The minimum atomic E-state index is -0.250. The van der Waals surface area contributed by atoms with Gasteiger partial charge in [0.2, 0.25) is 0 Å². The van der Waals surface area contributed by atoms with Crippen LogP contribution in [0.2, 0.25) is 0 Å². The predicted molar refractivity (Wildman–Crippen MR) is 52.2 cm³/mol. The SMILES string of the molecule is CC.CC1CCC(C)C1.O=CO. The lowest BCUT2D eigenvalue weighted by Gasteiger charge is -1.96. The molecule has 2 unspecified atom stereocenters. The molecular formula is C10H22O2. The Hall–Kier alpha value is -0.530. The van der Waals surface area contributed by atoms with Crippen molar-refractivity contribution in [3.63, 3.8) is 0 Å². The first kappa shape index (κ1) is 14.0. The van der Waals surface area contributed by atoms with Gasteiger partial charge < -0.3 is 5.11 Å². The van der Waals surface area contributed by atoms with Gasteiger partial charge in [0.15, 0.2) is 0 Å². The van der Waals surface area contributed by atoms with Gasteiger partial charge in [-0.15, -0.1) is 0 Å². The van der Waals surface area contributed by atoms with Crippen molar-refractivity contribution < 1.29 is 9.90 Å². The highest BCUT2D eigenvalue weighted by atomic mass is 16.3. The largest absolute Gasteiger partial charge is 0.483 e. The van der Waals surface area contributed by atoms with Crippen molar-refractivity contribution in [2.45, 2.75) is 47.0 Å². The summed E-state index contributed by atoms with van der Waals surface area (Å²) >= 11 is 0. The molecule has 2 heteroatoms. The smallest absolute Gasteiger partial charge is 0.290 e. The lowest BCUT2D eigenvalue weighted by atomic mass is 10.1. The van der Waals surface area contributed by atoms with Crippen LogP contribution in [0, 0.1) is 11.8 Å². The summed E-state index contributed by atoms with van der Waals surface area (Å²) in [5.41, 5.74) is 0. The highest BCUT2D eigenvalue weighted by Crippen LogP contribution is 2.29. The van der Waals surface area contributed by atoms with E-state index in [1.807, 2.05) is 13.8 Å². The summed E-state index contributed by atoms with van der Waals surface area (Å²) in [5.74, 6) is 2.05. The van der Waals surface area contributed by atoms with E-state index in [1.54, 1.807) is 0 Å². The molecule has 0 heterocycles. The van der Waals surface area contributed by atoms with Crippen molar-refractivity contribution >= 4 is 6.47 Å². The summed E-state index contributed by atoms with van der Waals surface area (Å²) in [6, 6.07) is 0. The average Bonchev–Trinajstić information content (AvgIpc) is 2.40. The lowest BCUT2D eigenvalue weighted by Crippen LogP contribution is -1.84. The van der Waals surface area contributed by atoms with Crippen LogP contribution in [0.3, 0.4) is 0 Å². The molecule has 0 aromatic heterocycles. The van der Waals surface area contributed by atoms with Crippen LogP contribution >= 0.6 is 0 Å². The van der Waals surface area contributed by atoms with Crippen LogP contribution in [0.5, 0.6) is 0 Å². The normalized spacial score (nSPS) is 26.0. The summed E-state index contributed by atoms with van der Waals surface area (Å²) in [6.07, 6.45) is 4.42. The second kappa shape index (κ2) is 10.5. The predicted octanol–water partition coefficient (Wildman–Crippen LogP) is 3.17. The zero-order valence-electron chi connectivity index (χ0n) is 8.71. The molecule has 2 nitrogen and oxygen atoms in total. The first-order valence-corrected chi connectivity index (χ1v) is 4.78. The third-order valence-corrected chi connectivity index (χ3v) is 1.96. The maximum Gasteiger partial charge on any atom is 0.290 e. The molecule has 0 aromatic rings. The first-order chi connectivity index (χ1) is 5.70. The van der Waals surface area contributed by atoms with Gasteiger partial charge in [-0.3, -0.25) is 4.79 Å². The lowest BCUT2D eigenvalue weighted by molar-refractivity contribution is -0.122. The van der Waals surface area contributed by atoms with Crippen LogP contribution in [0.4, 0.5) is 0 Å². The van der Waals surface area contributed by atoms with E-state index in [0.717, 1.165) is 11.8 Å². The van der Waals surface area contributed by atoms with E-state index in [0.29, 0.717) is 0 Å². The summed E-state index contributed by atoms with van der Waals surface area (Å²) in [7, 11) is 0. The van der Waals surface area contributed by atoms with Gasteiger partial charge in [-0.05, 0) is 18.3 Å². The van der Waals surface area contributed by atoms with Gasteiger partial charge in [-0.1, -0.05) is 40.5 Å². The molecular weight excluding hydrogens is 152 g/mol. The summed E-state index contributed by atoms with van der Waals surface area (Å²) in [4.78, 5) is 8.36. The second-order valence-electron chi connectivity index (χ2n) is 3.13. The quantitative estimate of drug-likeness (QED) is 0.573. The molecule has 1 rings (SSSR count). The van der Waals surface area contributed by atoms with E-state index in [9.17, 15) is 0 Å². The Morgan fingerprint density at radius 2 is 1.42 bits per heavy atom. The van der Waals surface area contributed by atoms with Crippen molar-refractivity contribution in [2.75, 3.05) is 0 Å². The number of carbonyl (C=O) groups is 1. The Balaban J connectivity index is 0. The fourth-order valence-electron chi connectivity index (χ4n) is 1.49. The molecule has 2 atom stereocenters. The molecule has 1 aliphatic rings. The van der Waals surface area contributed by atoms with Crippen molar-refractivity contribution in [1.82, 2.24) is 0 Å². The van der Waals surface area contributed by atoms with Gasteiger partial charge in [0.05, 0.1) is 0 Å². The molecule has 1 fully saturated rings. The fourth-order valence-corrected chi connectivity index (χ4v) is 1.49. The van der Waals surface area contributed by atoms with E-state index in [1.165, 1.54) is 19.3 Å². The van der Waals surface area contributed by atoms with E-state index in [2.05, 4.69) is 13.8 Å². The maximum atomic E-state index is 8.36. The summed E-state index contributed by atoms with van der Waals surface area (Å²) < 4.78 is 0. The minimum Gasteiger partial charge on any atom is -0.483 e. The Labute approximate surface area is 76.0 Å². The standard InChI is InChI=1S/C7H14.C2H6.CH2O2/c1-6-3-4-7(2)5-6;1-2;2-1-3/h6-7H,3-5H2,1-2H3;1-2H3;1H,(H,2,3). The van der Waals surface area contributed by atoms with Crippen molar-refractivity contribution in [3.05, 3.63) is 0 Å². The Morgan fingerprint density at radius 3 is 1.50 bits per heavy atom. The van der Waals surface area contributed by atoms with Crippen LogP contribution in [-0.4, -0.2) is 11.6 Å². The Bertz CT molecular complexity index is 83.8. The zero-order chi connectivity index (χ0) is 9.98. The number of hydrogen-bond donors (Lipinski definition) is 1. The molecule has 1 N–H and O–H groups in total. The van der Waals surface area contributed by atoms with Gasteiger partial charge in [-0.2, -0.15) is 0 Å². The molecule has 0 spiro atoms. The fraction of sp³-hybridized carbons (Fsp3) is 0.900. The van der Waals surface area contributed by atoms with Crippen molar-refractivity contribution in [3.8, 4) is 0 Å². The van der Waals surface area contributed by atoms with Gasteiger partial charge in [0, 0.05) is 0 Å². The Kier molecular flexibility index (Phi) is 12.2. The molecule has 74 valence electrons. The molecule has 0 saturated heterocycles. The number of rotatable bonds is 0. The summed E-state index contributed by atoms with van der Waals surface area (Å²) in [5, 5.41) is 6.89. The topological polar surface area (TPSA) is 37.3 Å². The summed E-state index contributed by atoms with van der Waals surface area (Å²) in [6.45, 7) is 8.45. The molecule has 1 saturated carbocycles. The highest BCUT2D eigenvalue weighted by molar-refractivity contribution is 5.32. The van der Waals surface area contributed by atoms with Crippen molar-refractivity contribution in [1.29, 1.82) is 0 Å². The third-order valence-electron chi connectivity index (χ3n) is 1.96. The van der Waals surface area contributed by atoms with Gasteiger partial charge in [0.25, 0.3) is 6.47 Å². The number of hydrogen-bond acceptors (Lipinski definition) is 1. The number of carboxylic acid groups (broad SMARTS) is 1. The molecule has 1 aliphatic carbocycles. The van der Waals surface area contributed by atoms with E-state index < -0.39 is 0 Å². The van der Waals surface area contributed by atoms with Crippen molar-refractivity contribution in [2.24, 2.45) is 11.8 Å². The maximum absolute atomic E-state index is 8.36. The molecule has 0 aromatic carbocycles. The Morgan fingerprint density at radius 1 is 1.17 bits per heavy atom. The van der Waals surface area contributed by atoms with Crippen LogP contribution < -0.4 is 0 Å². The van der Waals surface area contributed by atoms with E-state index in [-0.39, 0.29) is 6.47 Å². The van der Waals surface area contributed by atoms with Gasteiger partial charge in [0.1, 0.15) is 0 Å². The van der Waals surface area contributed by atoms with Crippen LogP contribution in [0.25, 0.3) is 0 Å². The molecule has 0 radical (unpaired) electrons. The minimum absolute atomic E-state index is 0.250. The van der Waals surface area contributed by atoms with Crippen LogP contribution in [-0.2, 0) is 4.79 Å². The van der Waals surface area contributed by atoms with Gasteiger partial charge >= 0.3 is 0 Å². The molecule has 0 amide bonds. The molecule has 0 bridgehead atoms. The second-order valence-corrected chi connectivity index (χ2v) is 3.13. The van der Waals surface area contributed by atoms with E-state index in [4.69, 9.17) is 9.90 Å². The molecule has 12 heavy (non-hydrogen) atoms. The van der Waals surface area contributed by atoms with E-state index >= 15 is 0 Å². The third kappa shape index (κ3) is 9.47. The average molecular weight is 174 g/mol.